The van der Waals surface area contributed by atoms with Gasteiger partial charge in [-0.15, -0.1) is 0 Å². The lowest BCUT2D eigenvalue weighted by atomic mass is 9.96. The van der Waals surface area contributed by atoms with Crippen molar-refractivity contribution in [2.75, 3.05) is 6.61 Å². The maximum absolute atomic E-state index is 13.0. The van der Waals surface area contributed by atoms with E-state index in [-0.39, 0.29) is 5.78 Å². The Hall–Kier alpha value is -3.14. The molecule has 0 atom stereocenters. The highest BCUT2D eigenvalue weighted by molar-refractivity contribution is 6.11. The maximum atomic E-state index is 13.0. The highest BCUT2D eigenvalue weighted by Gasteiger charge is 2.24. The van der Waals surface area contributed by atoms with E-state index in [0.717, 1.165) is 34.5 Å². The standard InChI is InChI=1S/C26H25NO3/c28-26-20(10-9-18-5-1-2-6-18)16-30-25-14-13-22(15-23(25)26)29-17-21-12-11-19-7-3-4-8-24(19)27-21/h3-4,7-8,10-15,18H,1-2,5-6,9,16-17H2/b20-10+. The third-order valence-corrected chi connectivity index (χ3v) is 6.09. The van der Waals surface area contributed by atoms with E-state index >= 15 is 0 Å². The fraction of sp³-hybridized carbons (Fsp3) is 0.308. The number of rotatable bonds is 5. The van der Waals surface area contributed by atoms with E-state index in [2.05, 4.69) is 11.1 Å². The fourth-order valence-electron chi connectivity index (χ4n) is 4.35. The van der Waals surface area contributed by atoms with Gasteiger partial charge in [-0.2, -0.15) is 0 Å². The van der Waals surface area contributed by atoms with Gasteiger partial charge in [0.25, 0.3) is 0 Å². The summed E-state index contributed by atoms with van der Waals surface area (Å²) < 4.78 is 11.8. The molecule has 1 aliphatic carbocycles. The number of ether oxygens (including phenoxy) is 2. The first-order chi connectivity index (χ1) is 14.8. The van der Waals surface area contributed by atoms with Gasteiger partial charge >= 0.3 is 0 Å². The number of aromatic nitrogens is 1. The second-order valence-corrected chi connectivity index (χ2v) is 8.18. The molecule has 1 saturated carbocycles. The van der Waals surface area contributed by atoms with Gasteiger partial charge < -0.3 is 9.47 Å². The Labute approximate surface area is 176 Å². The van der Waals surface area contributed by atoms with Crippen molar-refractivity contribution in [1.29, 1.82) is 0 Å². The van der Waals surface area contributed by atoms with Gasteiger partial charge in [0.15, 0.2) is 5.78 Å². The Kier molecular flexibility index (Phi) is 5.22. The highest BCUT2D eigenvalue weighted by Crippen LogP contribution is 2.33. The minimum atomic E-state index is 0.0588. The molecule has 4 heteroatoms. The van der Waals surface area contributed by atoms with Crippen molar-refractivity contribution in [2.24, 2.45) is 5.92 Å². The Morgan fingerprint density at radius 1 is 1.07 bits per heavy atom. The summed E-state index contributed by atoms with van der Waals surface area (Å²) >= 11 is 0. The lowest BCUT2D eigenvalue weighted by Crippen LogP contribution is -2.19. The van der Waals surface area contributed by atoms with Gasteiger partial charge in [-0.1, -0.05) is 56.0 Å². The van der Waals surface area contributed by atoms with E-state index in [4.69, 9.17) is 9.47 Å². The van der Waals surface area contributed by atoms with Gasteiger partial charge in [0, 0.05) is 11.0 Å². The summed E-state index contributed by atoms with van der Waals surface area (Å²) in [7, 11) is 0. The second kappa shape index (κ2) is 8.31. The largest absolute Gasteiger partial charge is 0.488 e. The molecule has 1 fully saturated rings. The summed E-state index contributed by atoms with van der Waals surface area (Å²) in [6, 6.07) is 17.5. The van der Waals surface area contributed by atoms with Crippen LogP contribution in [-0.2, 0) is 6.61 Å². The molecule has 0 N–H and O–H groups in total. The van der Waals surface area contributed by atoms with Crippen LogP contribution in [0.25, 0.3) is 10.9 Å². The summed E-state index contributed by atoms with van der Waals surface area (Å²) in [4.78, 5) is 17.6. The SMILES string of the molecule is O=C1/C(=C/CC2CCCC2)COc2ccc(OCc3ccc4ccccc4n3)cc21. The van der Waals surface area contributed by atoms with Crippen molar-refractivity contribution >= 4 is 16.7 Å². The Morgan fingerprint density at radius 2 is 1.93 bits per heavy atom. The van der Waals surface area contributed by atoms with Gasteiger partial charge in [-0.25, -0.2) is 4.98 Å². The number of fused-ring (bicyclic) bond motifs is 2. The van der Waals surface area contributed by atoms with Gasteiger partial charge in [-0.3, -0.25) is 4.79 Å². The number of para-hydroxylation sites is 1. The van der Waals surface area contributed by atoms with Crippen molar-refractivity contribution in [1.82, 2.24) is 4.98 Å². The molecule has 0 unspecified atom stereocenters. The van der Waals surface area contributed by atoms with Crippen molar-refractivity contribution in [3.05, 3.63) is 77.5 Å². The van der Waals surface area contributed by atoms with Crippen molar-refractivity contribution < 1.29 is 14.3 Å². The third kappa shape index (κ3) is 3.95. The van der Waals surface area contributed by atoms with E-state index in [1.54, 1.807) is 6.07 Å². The normalized spacial score (nSPS) is 17.9. The highest BCUT2D eigenvalue weighted by atomic mass is 16.5. The number of allylic oxidation sites excluding steroid dienone is 1. The molecule has 2 aromatic carbocycles. The van der Waals surface area contributed by atoms with Crippen LogP contribution >= 0.6 is 0 Å². The predicted octanol–water partition coefficient (Wildman–Crippen LogP) is 5.90. The molecule has 2 heterocycles. The van der Waals surface area contributed by atoms with Crippen LogP contribution in [0, 0.1) is 5.92 Å². The lowest BCUT2D eigenvalue weighted by Gasteiger charge is -2.20. The number of hydrogen-bond donors (Lipinski definition) is 0. The van der Waals surface area contributed by atoms with Crippen molar-refractivity contribution in [3.8, 4) is 11.5 Å². The van der Waals surface area contributed by atoms with Gasteiger partial charge in [-0.05, 0) is 42.7 Å². The summed E-state index contributed by atoms with van der Waals surface area (Å²) in [6.07, 6.45) is 8.24. The Morgan fingerprint density at radius 3 is 2.83 bits per heavy atom. The molecule has 0 spiro atoms. The van der Waals surface area contributed by atoms with E-state index in [0.29, 0.717) is 30.3 Å². The summed E-state index contributed by atoms with van der Waals surface area (Å²) in [6.45, 7) is 0.711. The van der Waals surface area contributed by atoms with Gasteiger partial charge in [0.05, 0.1) is 16.8 Å². The molecule has 5 rings (SSSR count). The van der Waals surface area contributed by atoms with Gasteiger partial charge in [0.2, 0.25) is 0 Å². The lowest BCUT2D eigenvalue weighted by molar-refractivity contribution is 0.0998. The van der Waals surface area contributed by atoms with Crippen LogP contribution in [0.15, 0.2) is 66.2 Å². The molecular formula is C26H25NO3. The Bertz CT molecular complexity index is 1110. The van der Waals surface area contributed by atoms with E-state index in [1.807, 2.05) is 48.5 Å². The molecule has 30 heavy (non-hydrogen) atoms. The average Bonchev–Trinajstić information content (AvgIpc) is 3.31. The quantitative estimate of drug-likeness (QED) is 0.502. The molecule has 0 amide bonds. The van der Waals surface area contributed by atoms with E-state index in [1.165, 1.54) is 25.7 Å². The monoisotopic (exact) mass is 399 g/mol. The Balaban J connectivity index is 1.29. The third-order valence-electron chi connectivity index (χ3n) is 6.09. The van der Waals surface area contributed by atoms with Crippen molar-refractivity contribution in [2.45, 2.75) is 38.7 Å². The maximum Gasteiger partial charge on any atom is 0.195 e. The molecule has 4 nitrogen and oxygen atoms in total. The summed E-state index contributed by atoms with van der Waals surface area (Å²) in [5.74, 6) is 2.06. The first-order valence-corrected chi connectivity index (χ1v) is 10.7. The smallest absolute Gasteiger partial charge is 0.195 e. The zero-order valence-electron chi connectivity index (χ0n) is 17.0. The van der Waals surface area contributed by atoms with Crippen LogP contribution in [0.3, 0.4) is 0 Å². The van der Waals surface area contributed by atoms with Gasteiger partial charge in [0.1, 0.15) is 24.7 Å². The predicted molar refractivity (Wildman–Crippen MR) is 117 cm³/mol. The van der Waals surface area contributed by atoms with Crippen LogP contribution in [0.4, 0.5) is 0 Å². The van der Waals surface area contributed by atoms with Crippen LogP contribution in [0.1, 0.15) is 48.2 Å². The zero-order chi connectivity index (χ0) is 20.3. The molecule has 0 bridgehead atoms. The minimum Gasteiger partial charge on any atom is -0.488 e. The second-order valence-electron chi connectivity index (χ2n) is 8.18. The first-order valence-electron chi connectivity index (χ1n) is 10.7. The minimum absolute atomic E-state index is 0.0588. The van der Waals surface area contributed by atoms with E-state index in [9.17, 15) is 4.79 Å². The number of Topliss-reactive ketones (excluding diaryl/α,β-unsaturated/α-hetero) is 1. The van der Waals surface area contributed by atoms with Crippen LogP contribution in [-0.4, -0.2) is 17.4 Å². The average molecular weight is 399 g/mol. The first kappa shape index (κ1) is 18.9. The number of hydrogen-bond acceptors (Lipinski definition) is 4. The van der Waals surface area contributed by atoms with Crippen LogP contribution < -0.4 is 9.47 Å². The number of ketones is 1. The molecule has 1 aliphatic heterocycles. The zero-order valence-corrected chi connectivity index (χ0v) is 17.0. The topological polar surface area (TPSA) is 48.4 Å². The molecule has 1 aromatic heterocycles. The molecule has 152 valence electrons. The number of carbonyl (C=O) groups is 1. The number of pyridine rings is 1. The van der Waals surface area contributed by atoms with Crippen LogP contribution in [0.2, 0.25) is 0 Å². The molecule has 0 saturated heterocycles. The van der Waals surface area contributed by atoms with E-state index < -0.39 is 0 Å². The number of benzene rings is 2. The molecule has 2 aliphatic rings. The number of nitrogens with zero attached hydrogens (tertiary/aromatic N) is 1. The molecule has 0 radical (unpaired) electrons. The number of carbonyl (C=O) groups excluding carboxylic acids is 1. The van der Waals surface area contributed by atoms with Crippen molar-refractivity contribution in [3.63, 3.8) is 0 Å². The molecule has 3 aromatic rings. The fourth-order valence-corrected chi connectivity index (χ4v) is 4.35. The molecular weight excluding hydrogens is 374 g/mol. The summed E-state index contributed by atoms with van der Waals surface area (Å²) in [5.41, 5.74) is 3.15. The summed E-state index contributed by atoms with van der Waals surface area (Å²) in [5, 5.41) is 1.11. The van der Waals surface area contributed by atoms with Crippen LogP contribution in [0.5, 0.6) is 11.5 Å².